The lowest BCUT2D eigenvalue weighted by Crippen LogP contribution is -2.47. The summed E-state index contributed by atoms with van der Waals surface area (Å²) in [4.78, 5) is 12.7. The van der Waals surface area contributed by atoms with Crippen LogP contribution in [0.5, 0.6) is 0 Å². The maximum atomic E-state index is 13.2. The Morgan fingerprint density at radius 1 is 1.41 bits per heavy atom. The van der Waals surface area contributed by atoms with Crippen molar-refractivity contribution >= 4 is 49.8 Å². The van der Waals surface area contributed by atoms with E-state index in [1.807, 2.05) is 0 Å². The van der Waals surface area contributed by atoms with Crippen LogP contribution in [0.2, 0.25) is 0 Å². The zero-order valence-electron chi connectivity index (χ0n) is 14.8. The minimum atomic E-state index is -3.78. The summed E-state index contributed by atoms with van der Waals surface area (Å²) in [5.41, 5.74) is 0.209. The van der Waals surface area contributed by atoms with Crippen LogP contribution in [-0.4, -0.2) is 42.6 Å². The van der Waals surface area contributed by atoms with Crippen LogP contribution in [0, 0.1) is 5.82 Å². The van der Waals surface area contributed by atoms with E-state index in [1.165, 1.54) is 35.2 Å². The van der Waals surface area contributed by atoms with Gasteiger partial charge in [-0.25, -0.2) is 12.8 Å². The fourth-order valence-electron chi connectivity index (χ4n) is 2.29. The van der Waals surface area contributed by atoms with Crippen molar-refractivity contribution in [2.75, 3.05) is 21.6 Å². The van der Waals surface area contributed by atoms with Gasteiger partial charge < -0.3 is 0 Å². The number of amides is 1. The number of anilines is 2. The highest BCUT2D eigenvalue weighted by molar-refractivity contribution is 8.01. The van der Waals surface area contributed by atoms with Gasteiger partial charge in [0.15, 0.2) is 4.34 Å². The number of halogens is 1. The van der Waals surface area contributed by atoms with Gasteiger partial charge in [0.1, 0.15) is 11.9 Å². The molecule has 11 heteroatoms. The van der Waals surface area contributed by atoms with E-state index in [-0.39, 0.29) is 17.2 Å². The summed E-state index contributed by atoms with van der Waals surface area (Å²) in [5.74, 6) is -0.376. The minimum Gasteiger partial charge on any atom is -0.299 e. The van der Waals surface area contributed by atoms with Crippen molar-refractivity contribution in [2.24, 2.45) is 0 Å². The number of carbonyl (C=O) groups excluding carboxylic acids is 1. The quantitative estimate of drug-likeness (QED) is 0.373. The Morgan fingerprint density at radius 3 is 2.63 bits per heavy atom. The first-order valence-corrected chi connectivity index (χ1v) is 11.5. The lowest BCUT2D eigenvalue weighted by atomic mass is 10.2. The molecule has 0 aliphatic heterocycles. The van der Waals surface area contributed by atoms with E-state index in [0.29, 0.717) is 10.1 Å². The molecule has 1 amide bonds. The summed E-state index contributed by atoms with van der Waals surface area (Å²) < 4.78 is 39.5. The molecule has 2 aromatic rings. The predicted molar refractivity (Wildman–Crippen MR) is 107 cm³/mol. The number of rotatable bonds is 9. The van der Waals surface area contributed by atoms with E-state index in [2.05, 4.69) is 22.1 Å². The lowest BCUT2D eigenvalue weighted by molar-refractivity contribution is -0.117. The standard InChI is InChI=1S/C16H19FN4O3S3/c1-4-10-25-16-20-19-15(26-16)18-14(22)13(5-2)21(27(3,23)24)12-8-6-11(17)7-9-12/h4,6-9,13H,1,5,10H2,2-3H3,(H,18,19,22)/t13-/m0/s1. The first-order valence-electron chi connectivity index (χ1n) is 7.89. The third-order valence-electron chi connectivity index (χ3n) is 3.37. The third-order valence-corrected chi connectivity index (χ3v) is 6.52. The molecule has 1 heterocycles. The van der Waals surface area contributed by atoms with Crippen molar-refractivity contribution in [3.8, 4) is 0 Å². The normalized spacial score (nSPS) is 12.4. The SMILES string of the molecule is C=CCSc1nnc(NC(=O)[C@H](CC)N(c2ccc(F)cc2)S(C)(=O)=O)s1. The van der Waals surface area contributed by atoms with Crippen molar-refractivity contribution in [2.45, 2.75) is 23.7 Å². The van der Waals surface area contributed by atoms with Gasteiger partial charge in [0.25, 0.3) is 0 Å². The Labute approximate surface area is 165 Å². The van der Waals surface area contributed by atoms with E-state index < -0.39 is 27.8 Å². The zero-order valence-corrected chi connectivity index (χ0v) is 17.2. The molecule has 0 unspecified atom stereocenters. The van der Waals surface area contributed by atoms with Crippen LogP contribution < -0.4 is 9.62 Å². The summed E-state index contributed by atoms with van der Waals surface area (Å²) >= 11 is 2.61. The summed E-state index contributed by atoms with van der Waals surface area (Å²) in [5, 5.41) is 10.7. The number of nitrogens with one attached hydrogen (secondary N) is 1. The van der Waals surface area contributed by atoms with E-state index in [9.17, 15) is 17.6 Å². The molecule has 0 aliphatic rings. The lowest BCUT2D eigenvalue weighted by Gasteiger charge is -2.29. The van der Waals surface area contributed by atoms with E-state index in [4.69, 9.17) is 0 Å². The number of hydrogen-bond acceptors (Lipinski definition) is 7. The highest BCUT2D eigenvalue weighted by Crippen LogP contribution is 2.27. The highest BCUT2D eigenvalue weighted by Gasteiger charge is 2.32. The van der Waals surface area contributed by atoms with Crippen molar-refractivity contribution < 1.29 is 17.6 Å². The maximum absolute atomic E-state index is 13.2. The van der Waals surface area contributed by atoms with Gasteiger partial charge in [0, 0.05) is 5.75 Å². The Hall–Kier alpha value is -1.98. The summed E-state index contributed by atoms with van der Waals surface area (Å²) in [6.07, 6.45) is 2.94. The molecule has 1 atom stereocenters. The average Bonchev–Trinajstić information content (AvgIpc) is 3.05. The number of aromatic nitrogens is 2. The van der Waals surface area contributed by atoms with E-state index in [0.717, 1.165) is 22.7 Å². The highest BCUT2D eigenvalue weighted by atomic mass is 32.2. The van der Waals surface area contributed by atoms with Crippen LogP contribution in [0.25, 0.3) is 0 Å². The molecular weight excluding hydrogens is 411 g/mol. The second-order valence-corrected chi connectivity index (χ2v) is 9.53. The van der Waals surface area contributed by atoms with Crippen LogP contribution in [0.3, 0.4) is 0 Å². The summed E-state index contributed by atoms with van der Waals surface area (Å²) in [6.45, 7) is 5.31. The molecule has 0 radical (unpaired) electrons. The van der Waals surface area contributed by atoms with Crippen molar-refractivity contribution in [1.29, 1.82) is 0 Å². The van der Waals surface area contributed by atoms with Crippen molar-refractivity contribution in [3.05, 3.63) is 42.7 Å². The Bertz CT molecular complexity index is 900. The van der Waals surface area contributed by atoms with Crippen LogP contribution in [0.4, 0.5) is 15.2 Å². The van der Waals surface area contributed by atoms with Gasteiger partial charge in [-0.3, -0.25) is 14.4 Å². The molecule has 1 aromatic carbocycles. The van der Waals surface area contributed by atoms with E-state index in [1.54, 1.807) is 13.0 Å². The molecule has 27 heavy (non-hydrogen) atoms. The number of benzene rings is 1. The Kier molecular flexibility index (Phi) is 7.33. The fraction of sp³-hybridized carbons (Fsp3) is 0.312. The topological polar surface area (TPSA) is 92.3 Å². The monoisotopic (exact) mass is 430 g/mol. The van der Waals surface area contributed by atoms with Crippen LogP contribution in [0.1, 0.15) is 13.3 Å². The third kappa shape index (κ3) is 5.75. The van der Waals surface area contributed by atoms with Gasteiger partial charge in [-0.05, 0) is 30.7 Å². The number of sulfonamides is 1. The van der Waals surface area contributed by atoms with Crippen molar-refractivity contribution in [3.63, 3.8) is 0 Å². The molecule has 0 bridgehead atoms. The molecule has 2 rings (SSSR count). The Morgan fingerprint density at radius 2 is 2.07 bits per heavy atom. The second-order valence-electron chi connectivity index (χ2n) is 5.42. The smallest absolute Gasteiger partial charge is 0.250 e. The van der Waals surface area contributed by atoms with Gasteiger partial charge in [-0.2, -0.15) is 0 Å². The first-order chi connectivity index (χ1) is 12.8. The van der Waals surface area contributed by atoms with Crippen LogP contribution in [0.15, 0.2) is 41.3 Å². The molecule has 0 fully saturated rings. The van der Waals surface area contributed by atoms with Crippen LogP contribution >= 0.6 is 23.1 Å². The molecule has 1 aromatic heterocycles. The molecular formula is C16H19FN4O3S3. The van der Waals surface area contributed by atoms with E-state index >= 15 is 0 Å². The van der Waals surface area contributed by atoms with Gasteiger partial charge in [0.2, 0.25) is 21.1 Å². The van der Waals surface area contributed by atoms with Crippen molar-refractivity contribution in [1.82, 2.24) is 10.2 Å². The first kappa shape index (κ1) is 21.3. The number of thioether (sulfide) groups is 1. The molecule has 0 saturated carbocycles. The molecule has 146 valence electrons. The zero-order chi connectivity index (χ0) is 20.0. The minimum absolute atomic E-state index is 0.209. The predicted octanol–water partition coefficient (Wildman–Crippen LogP) is 3.14. The number of hydrogen-bond donors (Lipinski definition) is 1. The molecule has 0 aliphatic carbocycles. The molecule has 0 spiro atoms. The van der Waals surface area contributed by atoms with Gasteiger partial charge in [-0.15, -0.1) is 16.8 Å². The number of nitrogens with zero attached hydrogens (tertiary/aromatic N) is 3. The largest absolute Gasteiger partial charge is 0.299 e. The van der Waals surface area contributed by atoms with Crippen LogP contribution in [-0.2, 0) is 14.8 Å². The molecule has 7 nitrogen and oxygen atoms in total. The average molecular weight is 431 g/mol. The Balaban J connectivity index is 2.25. The summed E-state index contributed by atoms with van der Waals surface area (Å²) in [6, 6.07) is 3.92. The second kappa shape index (κ2) is 9.29. The van der Waals surface area contributed by atoms with Gasteiger partial charge in [-0.1, -0.05) is 36.1 Å². The molecule has 0 saturated heterocycles. The van der Waals surface area contributed by atoms with Gasteiger partial charge in [0.05, 0.1) is 11.9 Å². The van der Waals surface area contributed by atoms with Gasteiger partial charge >= 0.3 is 0 Å². The summed E-state index contributed by atoms with van der Waals surface area (Å²) in [7, 11) is -3.78. The fourth-order valence-corrected chi connectivity index (χ4v) is 5.01. The number of carbonyl (C=O) groups is 1. The molecule has 1 N–H and O–H groups in total. The maximum Gasteiger partial charge on any atom is 0.250 e.